The summed E-state index contributed by atoms with van der Waals surface area (Å²) in [6, 6.07) is 6.16. The van der Waals surface area contributed by atoms with Crippen molar-refractivity contribution in [3.8, 4) is 0 Å². The van der Waals surface area contributed by atoms with Gasteiger partial charge in [0.2, 0.25) is 0 Å². The summed E-state index contributed by atoms with van der Waals surface area (Å²) in [7, 11) is 0. The molecule has 6 heteroatoms. The van der Waals surface area contributed by atoms with Gasteiger partial charge in [-0.25, -0.2) is 0 Å². The molecule has 1 aromatic carbocycles. The van der Waals surface area contributed by atoms with Crippen LogP contribution in [-0.4, -0.2) is 17.4 Å². The van der Waals surface area contributed by atoms with E-state index in [0.717, 1.165) is 18.4 Å². The first-order valence-electron chi connectivity index (χ1n) is 6.80. The van der Waals surface area contributed by atoms with E-state index in [0.29, 0.717) is 12.4 Å². The fourth-order valence-corrected chi connectivity index (χ4v) is 2.13. The molecule has 1 N–H and O–H groups in total. The Balaban J connectivity index is 2.11. The summed E-state index contributed by atoms with van der Waals surface area (Å²) < 4.78 is 5.33. The van der Waals surface area contributed by atoms with E-state index in [1.165, 1.54) is 12.1 Å². The smallest absolute Gasteiger partial charge is 0.286 e. The summed E-state index contributed by atoms with van der Waals surface area (Å²) in [6.07, 6.45) is 3.54. The lowest BCUT2D eigenvalue weighted by atomic mass is 9.94. The third-order valence-corrected chi connectivity index (χ3v) is 3.39. The zero-order chi connectivity index (χ0) is 15.5. The minimum absolute atomic E-state index is 0.0270. The van der Waals surface area contributed by atoms with Crippen molar-refractivity contribution in [2.24, 2.45) is 0 Å². The Kier molecular flexibility index (Phi) is 4.26. The lowest BCUT2D eigenvalue weighted by molar-refractivity contribution is -0.384. The number of hydrogen-bond donors (Lipinski definition) is 1. The molecule has 1 heterocycles. The highest BCUT2D eigenvalue weighted by Crippen LogP contribution is 2.23. The second-order valence-corrected chi connectivity index (χ2v) is 5.44. The average Bonchev–Trinajstić information content (AvgIpc) is 2.48. The van der Waals surface area contributed by atoms with Crippen LogP contribution in [0.3, 0.4) is 0 Å². The molecule has 112 valence electrons. The van der Waals surface area contributed by atoms with E-state index in [4.69, 9.17) is 4.74 Å². The number of non-ortho nitro benzene ring substituents is 1. The SMILES string of the molecule is CC(C)(NC(=O)C1=CCCCO1)c1ccc([N+](=O)[O-])cc1. The van der Waals surface area contributed by atoms with Crippen LogP contribution in [0.2, 0.25) is 0 Å². The fourth-order valence-electron chi connectivity index (χ4n) is 2.13. The van der Waals surface area contributed by atoms with Crippen LogP contribution in [0.4, 0.5) is 5.69 Å². The molecule has 0 aliphatic carbocycles. The number of benzene rings is 1. The van der Waals surface area contributed by atoms with Crippen LogP contribution >= 0.6 is 0 Å². The van der Waals surface area contributed by atoms with Gasteiger partial charge in [0.1, 0.15) is 0 Å². The maximum absolute atomic E-state index is 12.1. The van der Waals surface area contributed by atoms with Crippen molar-refractivity contribution in [2.45, 2.75) is 32.2 Å². The molecule has 0 radical (unpaired) electrons. The number of carbonyl (C=O) groups excluding carboxylic acids is 1. The maximum atomic E-state index is 12.1. The Bertz CT molecular complexity index is 576. The van der Waals surface area contributed by atoms with E-state index >= 15 is 0 Å². The number of carbonyl (C=O) groups is 1. The molecule has 1 aromatic rings. The Morgan fingerprint density at radius 2 is 2.00 bits per heavy atom. The van der Waals surface area contributed by atoms with Gasteiger partial charge < -0.3 is 10.1 Å². The topological polar surface area (TPSA) is 81.5 Å². The van der Waals surface area contributed by atoms with Crippen molar-refractivity contribution in [2.75, 3.05) is 6.61 Å². The highest BCUT2D eigenvalue weighted by Gasteiger charge is 2.26. The molecule has 1 amide bonds. The number of nitro benzene ring substituents is 1. The van der Waals surface area contributed by atoms with E-state index in [1.54, 1.807) is 18.2 Å². The Morgan fingerprint density at radius 3 is 2.52 bits per heavy atom. The number of nitrogens with one attached hydrogen (secondary N) is 1. The highest BCUT2D eigenvalue weighted by atomic mass is 16.6. The number of rotatable bonds is 4. The second kappa shape index (κ2) is 5.95. The molecule has 2 rings (SSSR count). The van der Waals surface area contributed by atoms with Crippen LogP contribution in [-0.2, 0) is 15.1 Å². The van der Waals surface area contributed by atoms with Crippen LogP contribution in [0.5, 0.6) is 0 Å². The van der Waals surface area contributed by atoms with Gasteiger partial charge in [-0.3, -0.25) is 14.9 Å². The summed E-state index contributed by atoms with van der Waals surface area (Å²) in [5.41, 5.74) is 0.172. The maximum Gasteiger partial charge on any atom is 0.286 e. The van der Waals surface area contributed by atoms with Crippen molar-refractivity contribution in [3.63, 3.8) is 0 Å². The molecule has 21 heavy (non-hydrogen) atoms. The van der Waals surface area contributed by atoms with Gasteiger partial charge >= 0.3 is 0 Å². The number of nitrogens with zero attached hydrogens (tertiary/aromatic N) is 1. The van der Waals surface area contributed by atoms with E-state index in [9.17, 15) is 14.9 Å². The molecular weight excluding hydrogens is 272 g/mol. The van der Waals surface area contributed by atoms with E-state index in [1.807, 2.05) is 13.8 Å². The molecule has 6 nitrogen and oxygen atoms in total. The third kappa shape index (κ3) is 3.59. The number of nitro groups is 1. The molecule has 0 saturated carbocycles. The molecule has 0 bridgehead atoms. The van der Waals surface area contributed by atoms with Crippen LogP contribution in [0.15, 0.2) is 36.1 Å². The second-order valence-electron chi connectivity index (χ2n) is 5.44. The molecular formula is C15H18N2O4. The van der Waals surface area contributed by atoms with Gasteiger partial charge in [0.05, 0.1) is 17.1 Å². The summed E-state index contributed by atoms with van der Waals surface area (Å²) in [5, 5.41) is 13.5. The summed E-state index contributed by atoms with van der Waals surface area (Å²) in [5.74, 6) is 0.0780. The van der Waals surface area contributed by atoms with Crippen molar-refractivity contribution in [1.29, 1.82) is 0 Å². The zero-order valence-electron chi connectivity index (χ0n) is 12.1. The first-order chi connectivity index (χ1) is 9.90. The van der Waals surface area contributed by atoms with E-state index in [2.05, 4.69) is 5.32 Å². The van der Waals surface area contributed by atoms with Gasteiger partial charge in [0.15, 0.2) is 5.76 Å². The Morgan fingerprint density at radius 1 is 1.33 bits per heavy atom. The molecule has 0 fully saturated rings. The van der Waals surface area contributed by atoms with Crippen molar-refractivity contribution in [1.82, 2.24) is 5.32 Å². The van der Waals surface area contributed by atoms with Gasteiger partial charge in [-0.15, -0.1) is 0 Å². The number of hydrogen-bond acceptors (Lipinski definition) is 4. The van der Waals surface area contributed by atoms with Gasteiger partial charge in [0, 0.05) is 12.1 Å². The van der Waals surface area contributed by atoms with Crippen LogP contribution in [0.1, 0.15) is 32.3 Å². The zero-order valence-corrected chi connectivity index (χ0v) is 12.1. The highest BCUT2D eigenvalue weighted by molar-refractivity contribution is 5.92. The molecule has 0 atom stereocenters. The van der Waals surface area contributed by atoms with Crippen molar-refractivity contribution in [3.05, 3.63) is 51.8 Å². The number of amides is 1. The molecule has 0 spiro atoms. The van der Waals surface area contributed by atoms with Gasteiger partial charge in [-0.2, -0.15) is 0 Å². The lowest BCUT2D eigenvalue weighted by Crippen LogP contribution is -2.42. The minimum Gasteiger partial charge on any atom is -0.488 e. The first kappa shape index (κ1) is 15.0. The number of ether oxygens (including phenoxy) is 1. The van der Waals surface area contributed by atoms with Gasteiger partial charge in [-0.05, 0) is 50.5 Å². The lowest BCUT2D eigenvalue weighted by Gasteiger charge is -2.28. The van der Waals surface area contributed by atoms with Crippen molar-refractivity contribution < 1.29 is 14.5 Å². The third-order valence-electron chi connectivity index (χ3n) is 3.39. The standard InChI is InChI=1S/C15H18N2O4/c1-15(2,11-6-8-12(9-7-11)17(19)20)16-14(18)13-5-3-4-10-21-13/h5-9H,3-4,10H2,1-2H3,(H,16,18). The van der Waals surface area contributed by atoms with E-state index in [-0.39, 0.29) is 11.6 Å². The predicted molar refractivity (Wildman–Crippen MR) is 77.5 cm³/mol. The summed E-state index contributed by atoms with van der Waals surface area (Å²) >= 11 is 0. The largest absolute Gasteiger partial charge is 0.488 e. The van der Waals surface area contributed by atoms with Crippen LogP contribution in [0.25, 0.3) is 0 Å². The van der Waals surface area contributed by atoms with Crippen molar-refractivity contribution >= 4 is 11.6 Å². The van der Waals surface area contributed by atoms with Crippen LogP contribution < -0.4 is 5.32 Å². The quantitative estimate of drug-likeness (QED) is 0.682. The molecule has 1 aliphatic rings. The van der Waals surface area contributed by atoms with E-state index < -0.39 is 10.5 Å². The Hall–Kier alpha value is -2.37. The Labute approximate surface area is 122 Å². The minimum atomic E-state index is -0.645. The first-order valence-corrected chi connectivity index (χ1v) is 6.80. The van der Waals surface area contributed by atoms with Crippen LogP contribution in [0, 0.1) is 10.1 Å². The number of allylic oxidation sites excluding steroid dienone is 1. The molecule has 0 aromatic heterocycles. The molecule has 0 unspecified atom stereocenters. The fraction of sp³-hybridized carbons (Fsp3) is 0.400. The summed E-state index contributed by atoms with van der Waals surface area (Å²) in [4.78, 5) is 22.4. The average molecular weight is 290 g/mol. The normalized spacial score (nSPS) is 14.9. The molecule has 1 aliphatic heterocycles. The monoisotopic (exact) mass is 290 g/mol. The predicted octanol–water partition coefficient (Wildman–Crippen LogP) is 2.64. The van der Waals surface area contributed by atoms with Gasteiger partial charge in [0.25, 0.3) is 11.6 Å². The molecule has 0 saturated heterocycles. The summed E-state index contributed by atoms with van der Waals surface area (Å²) in [6.45, 7) is 4.24. The van der Waals surface area contributed by atoms with Gasteiger partial charge in [-0.1, -0.05) is 0 Å².